The van der Waals surface area contributed by atoms with Crippen LogP contribution in [0.5, 0.6) is 0 Å². The normalized spacial score (nSPS) is 9.82. The van der Waals surface area contributed by atoms with Gasteiger partial charge in [-0.15, -0.1) is 0 Å². The lowest BCUT2D eigenvalue weighted by atomic mass is 10.2. The third-order valence-corrected chi connectivity index (χ3v) is 1.68. The fraction of sp³-hybridized carbons (Fsp3) is 0.444. The first-order valence-corrected chi connectivity index (χ1v) is 3.72. The summed E-state index contributed by atoms with van der Waals surface area (Å²) < 4.78 is 0. The van der Waals surface area contributed by atoms with Crippen LogP contribution in [-0.4, -0.2) is 19.1 Å². The maximum absolute atomic E-state index is 4.26. The van der Waals surface area contributed by atoms with Crippen LogP contribution in [0.3, 0.4) is 0 Å². The highest BCUT2D eigenvalue weighted by Gasteiger charge is 2.00. The Bertz CT molecular complexity index is 254. The van der Waals surface area contributed by atoms with Gasteiger partial charge in [-0.05, 0) is 25.5 Å². The summed E-state index contributed by atoms with van der Waals surface area (Å²) in [6.07, 6.45) is 1.89. The van der Waals surface area contributed by atoms with E-state index < -0.39 is 0 Å². The van der Waals surface area contributed by atoms with Gasteiger partial charge in [0.1, 0.15) is 0 Å². The van der Waals surface area contributed by atoms with Crippen molar-refractivity contribution in [3.05, 3.63) is 23.5 Å². The molecule has 0 aromatic carbocycles. The molecule has 0 spiro atoms. The third-order valence-electron chi connectivity index (χ3n) is 1.68. The van der Waals surface area contributed by atoms with Crippen LogP contribution < -0.4 is 4.90 Å². The van der Waals surface area contributed by atoms with Crippen LogP contribution in [0.4, 0.5) is 5.69 Å². The molecule has 0 radical (unpaired) electrons. The fourth-order valence-electron chi connectivity index (χ4n) is 1.07. The van der Waals surface area contributed by atoms with Gasteiger partial charge in [0.25, 0.3) is 0 Å². The Labute approximate surface area is 67.9 Å². The molecule has 1 heterocycles. The summed E-state index contributed by atoms with van der Waals surface area (Å²) in [5.41, 5.74) is 3.49. The average Bonchev–Trinajstić information content (AvgIpc) is 1.94. The maximum atomic E-state index is 4.26. The van der Waals surface area contributed by atoms with Crippen LogP contribution in [0.25, 0.3) is 0 Å². The second-order valence-electron chi connectivity index (χ2n) is 3.01. The molecule has 11 heavy (non-hydrogen) atoms. The van der Waals surface area contributed by atoms with Crippen LogP contribution in [0.1, 0.15) is 11.3 Å². The number of anilines is 1. The van der Waals surface area contributed by atoms with E-state index in [1.54, 1.807) is 0 Å². The lowest BCUT2D eigenvalue weighted by Gasteiger charge is -2.14. The van der Waals surface area contributed by atoms with E-state index in [-0.39, 0.29) is 0 Å². The molecule has 0 N–H and O–H groups in total. The number of hydrogen-bond donors (Lipinski definition) is 0. The Balaban J connectivity index is 3.13. The summed E-state index contributed by atoms with van der Waals surface area (Å²) in [5.74, 6) is 0. The number of hydrogen-bond acceptors (Lipinski definition) is 2. The number of rotatable bonds is 1. The van der Waals surface area contributed by atoms with Crippen molar-refractivity contribution in [3.63, 3.8) is 0 Å². The molecule has 60 valence electrons. The molecule has 0 atom stereocenters. The molecule has 0 amide bonds. The molecule has 0 aliphatic heterocycles. The van der Waals surface area contributed by atoms with Crippen molar-refractivity contribution in [1.29, 1.82) is 0 Å². The molecule has 0 saturated heterocycles. The predicted octanol–water partition coefficient (Wildman–Crippen LogP) is 1.76. The number of aromatic nitrogens is 1. The molecule has 1 aromatic rings. The minimum absolute atomic E-state index is 1.08. The molecule has 0 fully saturated rings. The van der Waals surface area contributed by atoms with E-state index in [1.807, 2.05) is 27.2 Å². The summed E-state index contributed by atoms with van der Waals surface area (Å²) >= 11 is 0. The zero-order valence-corrected chi connectivity index (χ0v) is 7.55. The molecule has 1 rings (SSSR count). The Morgan fingerprint density at radius 1 is 1.27 bits per heavy atom. The van der Waals surface area contributed by atoms with Gasteiger partial charge in [0.15, 0.2) is 0 Å². The van der Waals surface area contributed by atoms with Gasteiger partial charge in [-0.1, -0.05) is 0 Å². The Morgan fingerprint density at radius 3 is 2.36 bits per heavy atom. The summed E-state index contributed by atoms with van der Waals surface area (Å²) in [4.78, 5) is 6.34. The van der Waals surface area contributed by atoms with Crippen LogP contribution in [0, 0.1) is 13.8 Å². The second kappa shape index (κ2) is 2.91. The molecule has 1 aromatic heterocycles. The Morgan fingerprint density at radius 2 is 1.91 bits per heavy atom. The average molecular weight is 150 g/mol. The van der Waals surface area contributed by atoms with Crippen LogP contribution in [0.2, 0.25) is 0 Å². The molecule has 2 heteroatoms. The zero-order valence-electron chi connectivity index (χ0n) is 7.55. The van der Waals surface area contributed by atoms with Crippen molar-refractivity contribution in [2.75, 3.05) is 19.0 Å². The van der Waals surface area contributed by atoms with Gasteiger partial charge in [-0.3, -0.25) is 4.98 Å². The highest BCUT2D eigenvalue weighted by atomic mass is 15.1. The smallest absolute Gasteiger partial charge is 0.0605 e. The lowest BCUT2D eigenvalue weighted by molar-refractivity contribution is 1.06. The third kappa shape index (κ3) is 1.70. The highest BCUT2D eigenvalue weighted by Crippen LogP contribution is 2.15. The molecule has 0 bridgehead atoms. The highest BCUT2D eigenvalue weighted by molar-refractivity contribution is 5.50. The molecular formula is C9H14N2. The SMILES string of the molecule is Cc1cnc(C)c(N(C)C)c1. The van der Waals surface area contributed by atoms with Crippen molar-refractivity contribution >= 4 is 5.69 Å². The standard InChI is InChI=1S/C9H14N2/c1-7-5-9(11(3)4)8(2)10-6-7/h5-6H,1-4H3. The number of nitrogens with zero attached hydrogens (tertiary/aromatic N) is 2. The quantitative estimate of drug-likeness (QED) is 0.606. The lowest BCUT2D eigenvalue weighted by Crippen LogP contribution is -2.11. The second-order valence-corrected chi connectivity index (χ2v) is 3.01. The van der Waals surface area contributed by atoms with Crippen molar-refractivity contribution < 1.29 is 0 Å². The summed E-state index contributed by atoms with van der Waals surface area (Å²) in [6, 6.07) is 2.14. The van der Waals surface area contributed by atoms with E-state index in [2.05, 4.69) is 22.9 Å². The summed E-state index contributed by atoms with van der Waals surface area (Å²) in [6.45, 7) is 4.08. The van der Waals surface area contributed by atoms with Crippen molar-refractivity contribution in [1.82, 2.24) is 4.98 Å². The van der Waals surface area contributed by atoms with Crippen molar-refractivity contribution in [2.24, 2.45) is 0 Å². The van der Waals surface area contributed by atoms with E-state index in [4.69, 9.17) is 0 Å². The van der Waals surface area contributed by atoms with Gasteiger partial charge in [-0.2, -0.15) is 0 Å². The zero-order chi connectivity index (χ0) is 8.43. The fourth-order valence-corrected chi connectivity index (χ4v) is 1.07. The predicted molar refractivity (Wildman–Crippen MR) is 48.0 cm³/mol. The van der Waals surface area contributed by atoms with E-state index in [9.17, 15) is 0 Å². The van der Waals surface area contributed by atoms with Gasteiger partial charge in [-0.25, -0.2) is 0 Å². The number of pyridine rings is 1. The monoisotopic (exact) mass is 150 g/mol. The van der Waals surface area contributed by atoms with Crippen molar-refractivity contribution in [3.8, 4) is 0 Å². The van der Waals surface area contributed by atoms with Gasteiger partial charge in [0, 0.05) is 20.3 Å². The van der Waals surface area contributed by atoms with Gasteiger partial charge < -0.3 is 4.90 Å². The minimum atomic E-state index is 1.08. The topological polar surface area (TPSA) is 16.1 Å². The van der Waals surface area contributed by atoms with Gasteiger partial charge in [0.05, 0.1) is 11.4 Å². The van der Waals surface area contributed by atoms with Gasteiger partial charge >= 0.3 is 0 Å². The van der Waals surface area contributed by atoms with E-state index >= 15 is 0 Å². The first kappa shape index (κ1) is 8.05. The van der Waals surface area contributed by atoms with Gasteiger partial charge in [0.2, 0.25) is 0 Å². The van der Waals surface area contributed by atoms with E-state index in [0.29, 0.717) is 0 Å². The van der Waals surface area contributed by atoms with Crippen LogP contribution in [-0.2, 0) is 0 Å². The summed E-state index contributed by atoms with van der Waals surface area (Å²) in [5, 5.41) is 0. The Kier molecular flexibility index (Phi) is 2.13. The molecule has 0 unspecified atom stereocenters. The molecule has 0 aliphatic carbocycles. The van der Waals surface area contributed by atoms with Crippen LogP contribution in [0.15, 0.2) is 12.3 Å². The first-order valence-electron chi connectivity index (χ1n) is 3.72. The largest absolute Gasteiger partial charge is 0.376 e. The van der Waals surface area contributed by atoms with Crippen molar-refractivity contribution in [2.45, 2.75) is 13.8 Å². The molecule has 0 saturated carbocycles. The van der Waals surface area contributed by atoms with Crippen LogP contribution >= 0.6 is 0 Å². The molecule has 0 aliphatic rings. The van der Waals surface area contributed by atoms with E-state index in [1.165, 1.54) is 11.3 Å². The molecular weight excluding hydrogens is 136 g/mol. The summed E-state index contributed by atoms with van der Waals surface area (Å²) in [7, 11) is 4.06. The minimum Gasteiger partial charge on any atom is -0.376 e. The van der Waals surface area contributed by atoms with E-state index in [0.717, 1.165) is 5.69 Å². The molecule has 2 nitrogen and oxygen atoms in total. The number of aryl methyl sites for hydroxylation is 2. The first-order chi connectivity index (χ1) is 5.11. The Hall–Kier alpha value is -1.05. The maximum Gasteiger partial charge on any atom is 0.0605 e.